The molecule has 0 aliphatic carbocycles. The maximum Gasteiger partial charge on any atom is 0.0264 e. The molecule has 0 aromatic carbocycles. The van der Waals surface area contributed by atoms with Crippen LogP contribution in [0.5, 0.6) is 0 Å². The summed E-state index contributed by atoms with van der Waals surface area (Å²) in [6.45, 7) is 11.8. The Labute approximate surface area is 81.7 Å². The van der Waals surface area contributed by atoms with Crippen molar-refractivity contribution in [3.05, 3.63) is 0 Å². The van der Waals surface area contributed by atoms with Crippen LogP contribution < -0.4 is 5.32 Å². The van der Waals surface area contributed by atoms with Crippen molar-refractivity contribution in [2.45, 2.75) is 51.7 Å². The van der Waals surface area contributed by atoms with E-state index in [2.05, 4.69) is 37.9 Å². The highest BCUT2D eigenvalue weighted by molar-refractivity contribution is 5.03. The third kappa shape index (κ3) is 1.62. The van der Waals surface area contributed by atoms with Crippen LogP contribution in [0.3, 0.4) is 0 Å². The molecular weight excluding hydrogens is 160 g/mol. The van der Waals surface area contributed by atoms with Gasteiger partial charge in [-0.3, -0.25) is 4.90 Å². The molecule has 0 spiro atoms. The maximum atomic E-state index is 3.63. The third-order valence-corrected chi connectivity index (χ3v) is 3.64. The summed E-state index contributed by atoms with van der Waals surface area (Å²) in [6.07, 6.45) is 1.35. The first-order chi connectivity index (χ1) is 5.99. The van der Waals surface area contributed by atoms with Crippen LogP contribution in [0, 0.1) is 5.92 Å². The molecule has 76 valence electrons. The summed E-state index contributed by atoms with van der Waals surface area (Å²) in [5.41, 5.74) is 0.379. The SMILES string of the molecule is CC(C)N1CC2CC(C)(C)NCC21. The second-order valence-corrected chi connectivity index (χ2v) is 5.59. The Bertz CT molecular complexity index is 198. The van der Waals surface area contributed by atoms with E-state index in [9.17, 15) is 0 Å². The van der Waals surface area contributed by atoms with Crippen LogP contribution in [0.25, 0.3) is 0 Å². The normalized spacial score (nSPS) is 38.5. The predicted molar refractivity (Wildman–Crippen MR) is 55.8 cm³/mol. The Morgan fingerprint density at radius 3 is 2.62 bits per heavy atom. The number of hydrogen-bond donors (Lipinski definition) is 1. The molecule has 2 aliphatic rings. The smallest absolute Gasteiger partial charge is 0.0264 e. The van der Waals surface area contributed by atoms with Crippen LogP contribution in [-0.4, -0.2) is 35.6 Å². The van der Waals surface area contributed by atoms with Gasteiger partial charge in [-0.05, 0) is 40.0 Å². The molecule has 0 saturated carbocycles. The van der Waals surface area contributed by atoms with E-state index in [1.807, 2.05) is 0 Å². The van der Waals surface area contributed by atoms with Crippen molar-refractivity contribution in [1.82, 2.24) is 10.2 Å². The van der Waals surface area contributed by atoms with Crippen molar-refractivity contribution in [1.29, 1.82) is 0 Å². The molecule has 0 aromatic rings. The number of rotatable bonds is 1. The zero-order valence-corrected chi connectivity index (χ0v) is 9.30. The van der Waals surface area contributed by atoms with Gasteiger partial charge in [-0.15, -0.1) is 0 Å². The predicted octanol–water partition coefficient (Wildman–Crippen LogP) is 1.47. The molecule has 2 saturated heterocycles. The highest BCUT2D eigenvalue weighted by atomic mass is 15.3. The summed E-state index contributed by atoms with van der Waals surface area (Å²) >= 11 is 0. The second-order valence-electron chi connectivity index (χ2n) is 5.59. The Hall–Kier alpha value is -0.0800. The average molecular weight is 182 g/mol. The van der Waals surface area contributed by atoms with Gasteiger partial charge in [0.1, 0.15) is 0 Å². The highest BCUT2D eigenvalue weighted by Gasteiger charge is 2.45. The van der Waals surface area contributed by atoms with E-state index >= 15 is 0 Å². The van der Waals surface area contributed by atoms with Gasteiger partial charge >= 0.3 is 0 Å². The second kappa shape index (κ2) is 2.96. The van der Waals surface area contributed by atoms with Gasteiger partial charge in [0.2, 0.25) is 0 Å². The summed E-state index contributed by atoms with van der Waals surface area (Å²) < 4.78 is 0. The third-order valence-electron chi connectivity index (χ3n) is 3.64. The molecular formula is C11H22N2. The fourth-order valence-electron chi connectivity index (χ4n) is 2.85. The van der Waals surface area contributed by atoms with Gasteiger partial charge in [0.05, 0.1) is 0 Å². The summed E-state index contributed by atoms with van der Waals surface area (Å²) in [7, 11) is 0. The van der Waals surface area contributed by atoms with Crippen molar-refractivity contribution < 1.29 is 0 Å². The molecule has 0 radical (unpaired) electrons. The fourth-order valence-corrected chi connectivity index (χ4v) is 2.85. The van der Waals surface area contributed by atoms with Crippen molar-refractivity contribution in [2.75, 3.05) is 13.1 Å². The number of nitrogens with zero attached hydrogens (tertiary/aromatic N) is 1. The number of hydrogen-bond acceptors (Lipinski definition) is 2. The number of piperidine rings is 1. The van der Waals surface area contributed by atoms with E-state index in [1.165, 1.54) is 19.5 Å². The van der Waals surface area contributed by atoms with Crippen molar-refractivity contribution in [2.24, 2.45) is 5.92 Å². The Balaban J connectivity index is 1.94. The van der Waals surface area contributed by atoms with Gasteiger partial charge < -0.3 is 5.32 Å². The largest absolute Gasteiger partial charge is 0.310 e. The molecule has 2 aliphatic heterocycles. The first kappa shape index (κ1) is 9.47. The number of nitrogens with one attached hydrogen (secondary N) is 1. The van der Waals surface area contributed by atoms with E-state index in [1.54, 1.807) is 0 Å². The monoisotopic (exact) mass is 182 g/mol. The highest BCUT2D eigenvalue weighted by Crippen LogP contribution is 2.36. The van der Waals surface area contributed by atoms with Gasteiger partial charge in [-0.1, -0.05) is 0 Å². The lowest BCUT2D eigenvalue weighted by Crippen LogP contribution is -2.69. The Morgan fingerprint density at radius 1 is 1.38 bits per heavy atom. The molecule has 2 heterocycles. The molecule has 2 heteroatoms. The lowest BCUT2D eigenvalue weighted by molar-refractivity contribution is -0.0507. The minimum absolute atomic E-state index is 0.379. The van der Waals surface area contributed by atoms with Crippen molar-refractivity contribution in [3.63, 3.8) is 0 Å². The van der Waals surface area contributed by atoms with Gasteiger partial charge in [0.25, 0.3) is 0 Å². The van der Waals surface area contributed by atoms with Crippen LogP contribution in [0.15, 0.2) is 0 Å². The molecule has 2 unspecified atom stereocenters. The summed E-state index contributed by atoms with van der Waals surface area (Å²) in [6, 6.07) is 1.55. The fraction of sp³-hybridized carbons (Fsp3) is 1.00. The average Bonchev–Trinajstić information content (AvgIpc) is 1.94. The zero-order valence-electron chi connectivity index (χ0n) is 9.30. The molecule has 0 amide bonds. The first-order valence-electron chi connectivity index (χ1n) is 5.50. The Morgan fingerprint density at radius 2 is 2.08 bits per heavy atom. The van der Waals surface area contributed by atoms with E-state index in [0.29, 0.717) is 5.54 Å². The van der Waals surface area contributed by atoms with E-state index in [-0.39, 0.29) is 0 Å². The topological polar surface area (TPSA) is 15.3 Å². The van der Waals surface area contributed by atoms with E-state index in [0.717, 1.165) is 18.0 Å². The van der Waals surface area contributed by atoms with Gasteiger partial charge in [-0.2, -0.15) is 0 Å². The van der Waals surface area contributed by atoms with E-state index < -0.39 is 0 Å². The van der Waals surface area contributed by atoms with Gasteiger partial charge in [0.15, 0.2) is 0 Å². The molecule has 2 nitrogen and oxygen atoms in total. The number of likely N-dealkylation sites (tertiary alicyclic amines) is 1. The molecule has 13 heavy (non-hydrogen) atoms. The lowest BCUT2D eigenvalue weighted by Gasteiger charge is -2.56. The molecule has 2 fully saturated rings. The summed E-state index contributed by atoms with van der Waals surface area (Å²) in [5, 5.41) is 3.63. The minimum Gasteiger partial charge on any atom is -0.310 e. The Kier molecular flexibility index (Phi) is 2.16. The number of fused-ring (bicyclic) bond motifs is 1. The lowest BCUT2D eigenvalue weighted by atomic mass is 9.75. The van der Waals surface area contributed by atoms with Gasteiger partial charge in [0, 0.05) is 30.7 Å². The van der Waals surface area contributed by atoms with Crippen LogP contribution >= 0.6 is 0 Å². The maximum absolute atomic E-state index is 3.63. The van der Waals surface area contributed by atoms with Crippen molar-refractivity contribution >= 4 is 0 Å². The minimum atomic E-state index is 0.379. The summed E-state index contributed by atoms with van der Waals surface area (Å²) in [4.78, 5) is 2.62. The van der Waals surface area contributed by atoms with Crippen LogP contribution in [0.1, 0.15) is 34.1 Å². The van der Waals surface area contributed by atoms with Crippen LogP contribution in [0.4, 0.5) is 0 Å². The van der Waals surface area contributed by atoms with Crippen LogP contribution in [0.2, 0.25) is 0 Å². The summed E-state index contributed by atoms with van der Waals surface area (Å²) in [5.74, 6) is 0.957. The van der Waals surface area contributed by atoms with Crippen molar-refractivity contribution in [3.8, 4) is 0 Å². The zero-order chi connectivity index (χ0) is 9.64. The molecule has 2 atom stereocenters. The van der Waals surface area contributed by atoms with E-state index in [4.69, 9.17) is 0 Å². The quantitative estimate of drug-likeness (QED) is 0.660. The van der Waals surface area contributed by atoms with Crippen LogP contribution in [-0.2, 0) is 0 Å². The van der Waals surface area contributed by atoms with Gasteiger partial charge in [-0.25, -0.2) is 0 Å². The molecule has 0 aromatic heterocycles. The first-order valence-corrected chi connectivity index (χ1v) is 5.50. The molecule has 0 bridgehead atoms. The molecule has 1 N–H and O–H groups in total. The molecule has 2 rings (SSSR count). The standard InChI is InChI=1S/C11H22N2/c1-8(2)13-7-9-5-11(3,4)12-6-10(9)13/h8-10,12H,5-7H2,1-4H3.